The van der Waals surface area contributed by atoms with Crippen molar-refractivity contribution in [1.29, 1.82) is 0 Å². The maximum atomic E-state index is 14.0. The largest absolute Gasteiger partial charge is 0.491 e. The molecule has 4 rings (SSSR count). The molecular formula is C20H18F2N4O3S2. The molecule has 2 aromatic heterocycles. The molecule has 0 aliphatic carbocycles. The van der Waals surface area contributed by atoms with Crippen molar-refractivity contribution in [3.05, 3.63) is 65.2 Å². The summed E-state index contributed by atoms with van der Waals surface area (Å²) in [6.07, 6.45) is 0.318. The lowest BCUT2D eigenvalue weighted by atomic mass is 10.2. The number of hydrogen-bond donors (Lipinski definition) is 1. The van der Waals surface area contributed by atoms with E-state index in [4.69, 9.17) is 4.74 Å². The summed E-state index contributed by atoms with van der Waals surface area (Å²) in [6, 6.07) is 9.72. The van der Waals surface area contributed by atoms with Gasteiger partial charge in [-0.1, -0.05) is 12.1 Å². The molecular weight excluding hydrogens is 446 g/mol. The molecule has 0 aliphatic rings. The fraction of sp³-hybridized carbons (Fsp3) is 0.200. The maximum absolute atomic E-state index is 14.0. The van der Waals surface area contributed by atoms with Crippen LogP contribution in [0.25, 0.3) is 16.3 Å². The molecule has 0 saturated heterocycles. The third kappa shape index (κ3) is 4.43. The molecule has 0 saturated carbocycles. The number of halogens is 2. The van der Waals surface area contributed by atoms with Crippen LogP contribution in [0.3, 0.4) is 0 Å². The van der Waals surface area contributed by atoms with E-state index in [9.17, 15) is 17.2 Å². The fourth-order valence-corrected chi connectivity index (χ4v) is 4.87. The Kier molecular flexibility index (Phi) is 5.99. The summed E-state index contributed by atoms with van der Waals surface area (Å²) >= 11 is 1.32. The number of nitrogens with one attached hydrogen (secondary N) is 1. The molecule has 1 N–H and O–H groups in total. The molecule has 0 radical (unpaired) electrons. The zero-order valence-electron chi connectivity index (χ0n) is 16.4. The van der Waals surface area contributed by atoms with Crippen LogP contribution in [0.5, 0.6) is 5.75 Å². The number of aromatic nitrogens is 3. The molecule has 0 spiro atoms. The van der Waals surface area contributed by atoms with Crippen LogP contribution in [0.4, 0.5) is 8.78 Å². The van der Waals surface area contributed by atoms with Crippen LogP contribution in [-0.2, 0) is 16.4 Å². The van der Waals surface area contributed by atoms with Crippen LogP contribution in [0.2, 0.25) is 0 Å². The van der Waals surface area contributed by atoms with E-state index in [1.165, 1.54) is 29.5 Å². The highest BCUT2D eigenvalue weighted by atomic mass is 32.2. The molecule has 0 bridgehead atoms. The lowest BCUT2D eigenvalue weighted by Gasteiger charge is -2.09. The van der Waals surface area contributed by atoms with Gasteiger partial charge in [-0.2, -0.15) is 4.98 Å². The zero-order valence-corrected chi connectivity index (χ0v) is 18.0. The molecule has 0 atom stereocenters. The minimum absolute atomic E-state index is 0.000968. The SMILES string of the molecule is CCOc1ccc(S(=O)(=O)NCCc2csc3nc(-c4ccccc4F)nn23)cc1F. The number of benzene rings is 2. The zero-order chi connectivity index (χ0) is 22.0. The number of fused-ring (bicyclic) bond motifs is 1. The minimum Gasteiger partial charge on any atom is -0.491 e. The Balaban J connectivity index is 1.47. The molecule has 0 amide bonds. The van der Waals surface area contributed by atoms with E-state index < -0.39 is 21.7 Å². The Bertz CT molecular complexity index is 1340. The van der Waals surface area contributed by atoms with Gasteiger partial charge in [0.25, 0.3) is 0 Å². The third-order valence-corrected chi connectivity index (χ3v) is 6.78. The van der Waals surface area contributed by atoms with E-state index >= 15 is 0 Å². The van der Waals surface area contributed by atoms with Gasteiger partial charge >= 0.3 is 0 Å². The van der Waals surface area contributed by atoms with Gasteiger partial charge in [0.2, 0.25) is 15.0 Å². The van der Waals surface area contributed by atoms with Gasteiger partial charge in [-0.3, -0.25) is 0 Å². The van der Waals surface area contributed by atoms with Gasteiger partial charge in [0.15, 0.2) is 17.4 Å². The third-order valence-electron chi connectivity index (χ3n) is 4.45. The standard InChI is InChI=1S/C20H18F2N4O3S2/c1-2-29-18-8-7-14(11-17(18)22)31(27,28)23-10-9-13-12-30-20-24-19(25-26(13)20)15-5-3-4-6-16(15)21/h3-8,11-12,23H,2,9-10H2,1H3. The number of hydrogen-bond acceptors (Lipinski definition) is 6. The van der Waals surface area contributed by atoms with Crippen molar-refractivity contribution in [2.45, 2.75) is 18.2 Å². The Morgan fingerprint density at radius 1 is 1.16 bits per heavy atom. The fourth-order valence-electron chi connectivity index (χ4n) is 2.97. The molecule has 2 aromatic carbocycles. The number of nitrogens with zero attached hydrogens (tertiary/aromatic N) is 3. The highest BCUT2D eigenvalue weighted by molar-refractivity contribution is 7.89. The number of sulfonamides is 1. The van der Waals surface area contributed by atoms with Gasteiger partial charge in [0.1, 0.15) is 5.82 Å². The Morgan fingerprint density at radius 3 is 2.71 bits per heavy atom. The van der Waals surface area contributed by atoms with Crippen LogP contribution in [0.1, 0.15) is 12.6 Å². The first-order chi connectivity index (χ1) is 14.9. The summed E-state index contributed by atoms with van der Waals surface area (Å²) in [5.74, 6) is -0.902. The van der Waals surface area contributed by atoms with Gasteiger partial charge in [-0.25, -0.2) is 26.4 Å². The van der Waals surface area contributed by atoms with Crippen molar-refractivity contribution in [1.82, 2.24) is 19.3 Å². The lowest BCUT2D eigenvalue weighted by Crippen LogP contribution is -2.26. The second kappa shape index (κ2) is 8.69. The number of thiazole rings is 1. The van der Waals surface area contributed by atoms with Crippen LogP contribution in [0, 0.1) is 11.6 Å². The van der Waals surface area contributed by atoms with E-state index in [0.29, 0.717) is 16.9 Å². The van der Waals surface area contributed by atoms with Gasteiger partial charge in [-0.15, -0.1) is 16.4 Å². The maximum Gasteiger partial charge on any atom is 0.240 e. The van der Waals surface area contributed by atoms with Crippen molar-refractivity contribution in [2.75, 3.05) is 13.2 Å². The molecule has 0 unspecified atom stereocenters. The average molecular weight is 465 g/mol. The first kappa shape index (κ1) is 21.3. The van der Waals surface area contributed by atoms with E-state index in [0.717, 1.165) is 11.8 Å². The number of ether oxygens (including phenoxy) is 1. The molecule has 11 heteroatoms. The van der Waals surface area contributed by atoms with Crippen molar-refractivity contribution >= 4 is 26.3 Å². The Labute approximate surface area is 181 Å². The van der Waals surface area contributed by atoms with Crippen LogP contribution >= 0.6 is 11.3 Å². The van der Waals surface area contributed by atoms with Crippen molar-refractivity contribution < 1.29 is 21.9 Å². The van der Waals surface area contributed by atoms with Crippen molar-refractivity contribution in [2.24, 2.45) is 0 Å². The molecule has 162 valence electrons. The van der Waals surface area contributed by atoms with Gasteiger partial charge in [0.05, 0.1) is 22.8 Å². The monoisotopic (exact) mass is 464 g/mol. The van der Waals surface area contributed by atoms with E-state index in [1.54, 1.807) is 29.6 Å². The summed E-state index contributed by atoms with van der Waals surface area (Å²) in [5.41, 5.74) is 1.01. The summed E-state index contributed by atoms with van der Waals surface area (Å²) in [4.78, 5) is 4.73. The minimum atomic E-state index is -3.90. The van der Waals surface area contributed by atoms with Gasteiger partial charge in [0, 0.05) is 18.3 Å². The van der Waals surface area contributed by atoms with Crippen LogP contribution in [0.15, 0.2) is 52.7 Å². The average Bonchev–Trinajstić information content (AvgIpc) is 3.31. The molecule has 31 heavy (non-hydrogen) atoms. The second-order valence-electron chi connectivity index (χ2n) is 6.51. The van der Waals surface area contributed by atoms with Crippen molar-refractivity contribution in [3.63, 3.8) is 0 Å². The summed E-state index contributed by atoms with van der Waals surface area (Å²) in [5, 5.41) is 6.16. The summed E-state index contributed by atoms with van der Waals surface area (Å²) < 4.78 is 62.1. The molecule has 2 heterocycles. The van der Waals surface area contributed by atoms with E-state index in [2.05, 4.69) is 14.8 Å². The Hall–Kier alpha value is -2.89. The lowest BCUT2D eigenvalue weighted by molar-refractivity contribution is 0.321. The summed E-state index contributed by atoms with van der Waals surface area (Å²) in [7, 11) is -3.90. The van der Waals surface area contributed by atoms with Crippen LogP contribution in [-0.4, -0.2) is 36.2 Å². The van der Waals surface area contributed by atoms with Gasteiger partial charge in [-0.05, 0) is 37.3 Å². The topological polar surface area (TPSA) is 85.6 Å². The van der Waals surface area contributed by atoms with E-state index in [-0.39, 0.29) is 29.6 Å². The number of rotatable bonds is 8. The predicted molar refractivity (Wildman–Crippen MR) is 113 cm³/mol. The second-order valence-corrected chi connectivity index (χ2v) is 9.11. The Morgan fingerprint density at radius 2 is 1.97 bits per heavy atom. The molecule has 7 nitrogen and oxygen atoms in total. The normalized spacial score (nSPS) is 11.8. The molecule has 0 fully saturated rings. The van der Waals surface area contributed by atoms with Crippen LogP contribution < -0.4 is 9.46 Å². The quantitative estimate of drug-likeness (QED) is 0.430. The summed E-state index contributed by atoms with van der Waals surface area (Å²) in [6.45, 7) is 2.05. The predicted octanol–water partition coefficient (Wildman–Crippen LogP) is 3.66. The molecule has 0 aliphatic heterocycles. The first-order valence-electron chi connectivity index (χ1n) is 9.39. The van der Waals surface area contributed by atoms with E-state index in [1.807, 2.05) is 5.38 Å². The van der Waals surface area contributed by atoms with Crippen molar-refractivity contribution in [3.8, 4) is 17.1 Å². The smallest absolute Gasteiger partial charge is 0.240 e. The van der Waals surface area contributed by atoms with Gasteiger partial charge < -0.3 is 4.74 Å². The highest BCUT2D eigenvalue weighted by Crippen LogP contribution is 2.24. The first-order valence-corrected chi connectivity index (χ1v) is 11.8. The highest BCUT2D eigenvalue weighted by Gasteiger charge is 2.18. The molecule has 4 aromatic rings.